The molecule has 94 valence electrons. The standard InChI is InChI=1S/C12H16ClNO3/c1-2-8(13)5-6-14-12(17)10-7-9(15)3-4-11(10)16/h3-4,7-8,15-16H,2,5-6H2,1H3,(H,14,17). The third kappa shape index (κ3) is 4.15. The fraction of sp³-hybridized carbons (Fsp3) is 0.417. The summed E-state index contributed by atoms with van der Waals surface area (Å²) in [6, 6.07) is 3.82. The molecule has 0 radical (unpaired) electrons. The summed E-state index contributed by atoms with van der Waals surface area (Å²) in [5.74, 6) is -0.631. The van der Waals surface area contributed by atoms with Gasteiger partial charge in [-0.15, -0.1) is 11.6 Å². The highest BCUT2D eigenvalue weighted by Crippen LogP contribution is 2.21. The topological polar surface area (TPSA) is 69.6 Å². The summed E-state index contributed by atoms with van der Waals surface area (Å²) in [5.41, 5.74) is 0.0626. The van der Waals surface area contributed by atoms with Gasteiger partial charge in [-0.1, -0.05) is 6.92 Å². The van der Waals surface area contributed by atoms with Gasteiger partial charge in [-0.2, -0.15) is 0 Å². The Labute approximate surface area is 105 Å². The summed E-state index contributed by atoms with van der Waals surface area (Å²) in [6.07, 6.45) is 1.51. The number of aromatic hydroxyl groups is 2. The molecule has 0 heterocycles. The Morgan fingerprint density at radius 3 is 2.82 bits per heavy atom. The van der Waals surface area contributed by atoms with Crippen LogP contribution in [0.2, 0.25) is 0 Å². The number of halogens is 1. The molecule has 1 atom stereocenters. The first-order valence-electron chi connectivity index (χ1n) is 5.48. The van der Waals surface area contributed by atoms with Gasteiger partial charge < -0.3 is 15.5 Å². The first-order chi connectivity index (χ1) is 8.04. The van der Waals surface area contributed by atoms with Crippen LogP contribution in [0.15, 0.2) is 18.2 Å². The third-order valence-corrected chi connectivity index (χ3v) is 2.94. The van der Waals surface area contributed by atoms with Crippen molar-refractivity contribution in [3.63, 3.8) is 0 Å². The van der Waals surface area contributed by atoms with Gasteiger partial charge in [0, 0.05) is 11.9 Å². The van der Waals surface area contributed by atoms with E-state index in [1.165, 1.54) is 18.2 Å². The molecule has 0 aliphatic heterocycles. The fourth-order valence-electron chi connectivity index (χ4n) is 1.35. The van der Waals surface area contributed by atoms with Gasteiger partial charge >= 0.3 is 0 Å². The summed E-state index contributed by atoms with van der Waals surface area (Å²) in [7, 11) is 0. The molecule has 0 aromatic heterocycles. The summed E-state index contributed by atoms with van der Waals surface area (Å²) in [4.78, 5) is 11.7. The first kappa shape index (κ1) is 13.6. The highest BCUT2D eigenvalue weighted by Gasteiger charge is 2.11. The molecule has 3 N–H and O–H groups in total. The minimum absolute atomic E-state index is 0.0353. The summed E-state index contributed by atoms with van der Waals surface area (Å²) >= 11 is 5.91. The number of amides is 1. The Bertz CT molecular complexity index is 395. The van der Waals surface area contributed by atoms with Gasteiger partial charge in [0.1, 0.15) is 11.5 Å². The molecule has 1 unspecified atom stereocenters. The van der Waals surface area contributed by atoms with Crippen LogP contribution in [-0.4, -0.2) is 28.0 Å². The van der Waals surface area contributed by atoms with Crippen molar-refractivity contribution >= 4 is 17.5 Å². The maximum Gasteiger partial charge on any atom is 0.255 e. The third-order valence-electron chi connectivity index (χ3n) is 2.41. The number of alkyl halides is 1. The van der Waals surface area contributed by atoms with E-state index >= 15 is 0 Å². The largest absolute Gasteiger partial charge is 0.508 e. The van der Waals surface area contributed by atoms with Crippen LogP contribution in [0, 0.1) is 0 Å². The van der Waals surface area contributed by atoms with Crippen LogP contribution >= 0.6 is 11.6 Å². The Morgan fingerprint density at radius 1 is 1.47 bits per heavy atom. The minimum atomic E-state index is -0.418. The van der Waals surface area contributed by atoms with Crippen LogP contribution in [0.3, 0.4) is 0 Å². The van der Waals surface area contributed by atoms with Crippen molar-refractivity contribution in [2.75, 3.05) is 6.54 Å². The van der Waals surface area contributed by atoms with Gasteiger partial charge in [0.05, 0.1) is 5.56 Å². The van der Waals surface area contributed by atoms with Crippen molar-refractivity contribution in [3.8, 4) is 11.5 Å². The molecule has 0 bridgehead atoms. The number of hydrogen-bond acceptors (Lipinski definition) is 3. The lowest BCUT2D eigenvalue weighted by atomic mass is 10.1. The quantitative estimate of drug-likeness (QED) is 0.560. The van der Waals surface area contributed by atoms with E-state index < -0.39 is 5.91 Å². The van der Waals surface area contributed by atoms with Crippen molar-refractivity contribution < 1.29 is 15.0 Å². The molecule has 0 saturated heterocycles. The number of rotatable bonds is 5. The molecule has 0 aliphatic rings. The average Bonchev–Trinajstić information content (AvgIpc) is 2.31. The molecule has 0 spiro atoms. The Balaban J connectivity index is 2.55. The van der Waals surface area contributed by atoms with E-state index in [9.17, 15) is 15.0 Å². The van der Waals surface area contributed by atoms with E-state index in [1.54, 1.807) is 0 Å². The first-order valence-corrected chi connectivity index (χ1v) is 5.92. The predicted octanol–water partition coefficient (Wildman–Crippen LogP) is 2.24. The lowest BCUT2D eigenvalue weighted by molar-refractivity contribution is 0.0950. The molecule has 1 rings (SSSR count). The zero-order chi connectivity index (χ0) is 12.8. The minimum Gasteiger partial charge on any atom is -0.508 e. The van der Waals surface area contributed by atoms with E-state index in [4.69, 9.17) is 11.6 Å². The van der Waals surface area contributed by atoms with Crippen molar-refractivity contribution in [2.45, 2.75) is 25.1 Å². The Kier molecular flexibility index (Phi) is 5.10. The lowest BCUT2D eigenvalue weighted by Crippen LogP contribution is -2.26. The van der Waals surface area contributed by atoms with E-state index in [0.29, 0.717) is 13.0 Å². The van der Waals surface area contributed by atoms with Gasteiger partial charge in [-0.25, -0.2) is 0 Å². The van der Waals surface area contributed by atoms with Crippen LogP contribution in [0.4, 0.5) is 0 Å². The normalized spacial score (nSPS) is 12.1. The van der Waals surface area contributed by atoms with Crippen molar-refractivity contribution in [1.29, 1.82) is 0 Å². The highest BCUT2D eigenvalue weighted by molar-refractivity contribution is 6.20. The smallest absolute Gasteiger partial charge is 0.255 e. The number of carbonyl (C=O) groups excluding carboxylic acids is 1. The average molecular weight is 258 g/mol. The summed E-state index contributed by atoms with van der Waals surface area (Å²) in [5, 5.41) is 21.4. The fourth-order valence-corrected chi connectivity index (χ4v) is 1.46. The second-order valence-electron chi connectivity index (χ2n) is 3.75. The zero-order valence-corrected chi connectivity index (χ0v) is 10.4. The maximum atomic E-state index is 11.7. The summed E-state index contributed by atoms with van der Waals surface area (Å²) < 4.78 is 0. The predicted molar refractivity (Wildman–Crippen MR) is 66.7 cm³/mol. The monoisotopic (exact) mass is 257 g/mol. The molecule has 1 amide bonds. The molecule has 0 aliphatic carbocycles. The van der Waals surface area contributed by atoms with E-state index in [-0.39, 0.29) is 22.4 Å². The molecule has 0 saturated carbocycles. The second-order valence-corrected chi connectivity index (χ2v) is 4.37. The molecular formula is C12H16ClNO3. The van der Waals surface area contributed by atoms with Gasteiger partial charge in [0.2, 0.25) is 0 Å². The molecule has 4 nitrogen and oxygen atoms in total. The molecule has 1 aromatic carbocycles. The van der Waals surface area contributed by atoms with E-state index in [2.05, 4.69) is 5.32 Å². The van der Waals surface area contributed by atoms with Crippen molar-refractivity contribution in [2.24, 2.45) is 0 Å². The molecule has 0 fully saturated rings. The lowest BCUT2D eigenvalue weighted by Gasteiger charge is -2.09. The maximum absolute atomic E-state index is 11.7. The van der Waals surface area contributed by atoms with Crippen LogP contribution in [0.1, 0.15) is 30.1 Å². The van der Waals surface area contributed by atoms with Gasteiger partial charge in [0.15, 0.2) is 0 Å². The van der Waals surface area contributed by atoms with Gasteiger partial charge in [-0.05, 0) is 31.0 Å². The van der Waals surface area contributed by atoms with Crippen LogP contribution in [0.5, 0.6) is 11.5 Å². The van der Waals surface area contributed by atoms with Crippen molar-refractivity contribution in [3.05, 3.63) is 23.8 Å². The molecular weight excluding hydrogens is 242 g/mol. The van der Waals surface area contributed by atoms with E-state index in [1.807, 2.05) is 6.92 Å². The van der Waals surface area contributed by atoms with Crippen LogP contribution in [0.25, 0.3) is 0 Å². The molecule has 5 heteroatoms. The van der Waals surface area contributed by atoms with Gasteiger partial charge in [0.25, 0.3) is 5.91 Å². The molecule has 1 aromatic rings. The highest BCUT2D eigenvalue weighted by atomic mass is 35.5. The Hall–Kier alpha value is -1.42. The van der Waals surface area contributed by atoms with Crippen LogP contribution < -0.4 is 5.32 Å². The molecule has 17 heavy (non-hydrogen) atoms. The number of hydrogen-bond donors (Lipinski definition) is 3. The Morgan fingerprint density at radius 2 is 2.18 bits per heavy atom. The SMILES string of the molecule is CCC(Cl)CCNC(=O)c1cc(O)ccc1O. The number of phenols is 2. The van der Waals surface area contributed by atoms with Gasteiger partial charge in [-0.3, -0.25) is 4.79 Å². The zero-order valence-electron chi connectivity index (χ0n) is 9.61. The number of nitrogens with one attached hydrogen (secondary N) is 1. The van der Waals surface area contributed by atoms with Crippen molar-refractivity contribution in [1.82, 2.24) is 5.32 Å². The van der Waals surface area contributed by atoms with Crippen LogP contribution in [-0.2, 0) is 0 Å². The number of benzene rings is 1. The second kappa shape index (κ2) is 6.35. The summed E-state index contributed by atoms with van der Waals surface area (Å²) in [6.45, 7) is 2.41. The number of phenolic OH excluding ortho intramolecular Hbond substituents is 2. The van der Waals surface area contributed by atoms with E-state index in [0.717, 1.165) is 6.42 Å². The number of carbonyl (C=O) groups is 1.